The van der Waals surface area contributed by atoms with Crippen molar-refractivity contribution in [3.63, 3.8) is 0 Å². The molecule has 2 aromatic heterocycles. The number of fused-ring (bicyclic) bond motifs is 2. The molecule has 154 valence electrons. The molecule has 0 saturated carbocycles. The molecule has 9 nitrogen and oxygen atoms in total. The number of aromatic nitrogens is 3. The van der Waals surface area contributed by atoms with Crippen LogP contribution in [0.5, 0.6) is 0 Å². The number of nitrogens with zero attached hydrogens (tertiary/aromatic N) is 5. The highest BCUT2D eigenvalue weighted by molar-refractivity contribution is 5.94. The lowest BCUT2D eigenvalue weighted by molar-refractivity contribution is -0.135. The Bertz CT molecular complexity index is 960. The number of ether oxygens (including phenoxy) is 1. The van der Waals surface area contributed by atoms with Crippen LogP contribution in [0.3, 0.4) is 0 Å². The molecule has 9 heteroatoms. The molecule has 0 aliphatic carbocycles. The Balaban J connectivity index is 1.52. The highest BCUT2D eigenvalue weighted by Gasteiger charge is 2.53. The summed E-state index contributed by atoms with van der Waals surface area (Å²) in [6.07, 6.45) is 5.44. The fraction of sp³-hybridized carbons (Fsp3) is 0.600. The number of rotatable bonds is 2. The zero-order valence-corrected chi connectivity index (χ0v) is 16.8. The first-order valence-corrected chi connectivity index (χ1v) is 10.1. The first kappa shape index (κ1) is 18.4. The van der Waals surface area contributed by atoms with Crippen LogP contribution in [0.25, 0.3) is 0 Å². The van der Waals surface area contributed by atoms with E-state index >= 15 is 0 Å². The van der Waals surface area contributed by atoms with E-state index in [0.29, 0.717) is 50.5 Å². The van der Waals surface area contributed by atoms with Crippen molar-refractivity contribution in [2.75, 3.05) is 32.8 Å². The van der Waals surface area contributed by atoms with Gasteiger partial charge in [0.15, 0.2) is 5.69 Å². The Morgan fingerprint density at radius 1 is 1.31 bits per heavy atom. The van der Waals surface area contributed by atoms with Gasteiger partial charge in [-0.15, -0.1) is 0 Å². The van der Waals surface area contributed by atoms with Gasteiger partial charge in [0.05, 0.1) is 24.5 Å². The summed E-state index contributed by atoms with van der Waals surface area (Å²) in [5.41, 5.74) is 2.44. The monoisotopic (exact) mass is 399 g/mol. The van der Waals surface area contributed by atoms with Gasteiger partial charge in [0.1, 0.15) is 11.8 Å². The first-order chi connectivity index (χ1) is 14.0. The predicted octanol–water partition coefficient (Wildman–Crippen LogP) is 0.879. The Labute approximate surface area is 168 Å². The zero-order valence-electron chi connectivity index (χ0n) is 16.8. The lowest BCUT2D eigenvalue weighted by atomic mass is 9.85. The third-order valence-electron chi connectivity index (χ3n) is 6.62. The number of amides is 2. The number of imidazole rings is 1. The van der Waals surface area contributed by atoms with E-state index < -0.39 is 5.54 Å². The number of carbonyl (C=O) groups is 2. The molecule has 2 aromatic rings. The Kier molecular flexibility index (Phi) is 4.23. The van der Waals surface area contributed by atoms with E-state index in [1.165, 1.54) is 6.26 Å². The number of hydrogen-bond acceptors (Lipinski definition) is 6. The molecule has 29 heavy (non-hydrogen) atoms. The van der Waals surface area contributed by atoms with Crippen LogP contribution < -0.4 is 0 Å². The zero-order chi connectivity index (χ0) is 20.2. The minimum absolute atomic E-state index is 0.0844. The van der Waals surface area contributed by atoms with Crippen molar-refractivity contribution >= 4 is 11.8 Å². The highest BCUT2D eigenvalue weighted by Crippen LogP contribution is 2.43. The highest BCUT2D eigenvalue weighted by atomic mass is 16.5. The second-order valence-corrected chi connectivity index (χ2v) is 8.31. The van der Waals surface area contributed by atoms with E-state index in [1.54, 1.807) is 6.33 Å². The molecule has 2 amide bonds. The molecule has 2 atom stereocenters. The Morgan fingerprint density at radius 2 is 2.17 bits per heavy atom. The van der Waals surface area contributed by atoms with Crippen molar-refractivity contribution < 1.29 is 18.8 Å². The van der Waals surface area contributed by atoms with Crippen LogP contribution in [0, 0.1) is 12.8 Å². The molecule has 0 radical (unpaired) electrons. The van der Waals surface area contributed by atoms with E-state index in [4.69, 9.17) is 9.26 Å². The van der Waals surface area contributed by atoms with Crippen molar-refractivity contribution in [2.45, 2.75) is 31.7 Å². The molecular weight excluding hydrogens is 374 g/mol. The summed E-state index contributed by atoms with van der Waals surface area (Å²) < 4.78 is 12.4. The van der Waals surface area contributed by atoms with Gasteiger partial charge in [-0.2, -0.15) is 0 Å². The lowest BCUT2D eigenvalue weighted by Gasteiger charge is -2.43. The van der Waals surface area contributed by atoms with Gasteiger partial charge in [-0.3, -0.25) is 9.59 Å². The van der Waals surface area contributed by atoms with Crippen LogP contribution >= 0.6 is 0 Å². The third kappa shape index (κ3) is 2.71. The van der Waals surface area contributed by atoms with Crippen molar-refractivity contribution in [1.82, 2.24) is 24.5 Å². The van der Waals surface area contributed by atoms with E-state index in [-0.39, 0.29) is 17.7 Å². The predicted molar refractivity (Wildman–Crippen MR) is 101 cm³/mol. The van der Waals surface area contributed by atoms with Crippen molar-refractivity contribution in [3.8, 4) is 0 Å². The largest absolute Gasteiger partial charge is 0.381 e. The average Bonchev–Trinajstić information content (AvgIpc) is 3.49. The standard InChI is InChI=1S/C20H25N5O4/c1-13-9-29-22-16(13)19(27)25-6-3-15-17(21-12-23(15)2)20(25)5-7-24(11-20)18(26)14-4-8-28-10-14/h9,12,14H,3-8,10-11H2,1-2H3/t14-,20?/m1/s1. The molecule has 3 aliphatic rings. The second kappa shape index (κ2) is 6.69. The maximum Gasteiger partial charge on any atom is 0.277 e. The molecule has 2 saturated heterocycles. The molecule has 0 bridgehead atoms. The number of hydrogen-bond donors (Lipinski definition) is 0. The van der Waals surface area contributed by atoms with Gasteiger partial charge in [0, 0.05) is 51.0 Å². The van der Waals surface area contributed by atoms with E-state index in [0.717, 1.165) is 24.2 Å². The fourth-order valence-electron chi connectivity index (χ4n) is 5.00. The summed E-state index contributed by atoms with van der Waals surface area (Å²) in [4.78, 5) is 34.9. The second-order valence-electron chi connectivity index (χ2n) is 8.31. The average molecular weight is 399 g/mol. The molecule has 3 aliphatic heterocycles. The number of aryl methyl sites for hydroxylation is 2. The van der Waals surface area contributed by atoms with Crippen LogP contribution in [0.2, 0.25) is 0 Å². The molecule has 0 N–H and O–H groups in total. The topological polar surface area (TPSA) is 93.7 Å². The van der Waals surface area contributed by atoms with Crippen LogP contribution in [-0.4, -0.2) is 69.2 Å². The van der Waals surface area contributed by atoms with Gasteiger partial charge in [-0.25, -0.2) is 4.98 Å². The van der Waals surface area contributed by atoms with Crippen molar-refractivity contribution in [2.24, 2.45) is 13.0 Å². The Hall–Kier alpha value is -2.68. The van der Waals surface area contributed by atoms with Gasteiger partial charge in [0.2, 0.25) is 5.91 Å². The Morgan fingerprint density at radius 3 is 2.90 bits per heavy atom. The van der Waals surface area contributed by atoms with Gasteiger partial charge < -0.3 is 23.6 Å². The van der Waals surface area contributed by atoms with E-state index in [2.05, 4.69) is 10.1 Å². The molecule has 1 spiro atoms. The van der Waals surface area contributed by atoms with Crippen LogP contribution in [0.1, 0.15) is 40.3 Å². The van der Waals surface area contributed by atoms with Gasteiger partial charge in [-0.05, 0) is 19.8 Å². The summed E-state index contributed by atoms with van der Waals surface area (Å²) >= 11 is 0. The SMILES string of the molecule is Cc1conc1C(=O)N1CCc2c(ncn2C)C12CCN(C(=O)[C@@H]1CCOC1)C2. The van der Waals surface area contributed by atoms with Crippen LogP contribution in [0.4, 0.5) is 0 Å². The van der Waals surface area contributed by atoms with Crippen molar-refractivity contribution in [3.05, 3.63) is 35.2 Å². The minimum Gasteiger partial charge on any atom is -0.381 e. The van der Waals surface area contributed by atoms with Gasteiger partial charge in [-0.1, -0.05) is 5.16 Å². The van der Waals surface area contributed by atoms with E-state index in [9.17, 15) is 9.59 Å². The van der Waals surface area contributed by atoms with E-state index in [1.807, 2.05) is 28.3 Å². The molecule has 5 rings (SSSR count). The summed E-state index contributed by atoms with van der Waals surface area (Å²) in [6, 6.07) is 0. The minimum atomic E-state index is -0.633. The fourth-order valence-corrected chi connectivity index (χ4v) is 5.00. The van der Waals surface area contributed by atoms with Gasteiger partial charge in [0.25, 0.3) is 5.91 Å². The molecular formula is C20H25N5O4. The van der Waals surface area contributed by atoms with Gasteiger partial charge >= 0.3 is 0 Å². The number of likely N-dealkylation sites (tertiary alicyclic amines) is 1. The van der Waals surface area contributed by atoms with Crippen LogP contribution in [0.15, 0.2) is 17.1 Å². The third-order valence-corrected chi connectivity index (χ3v) is 6.62. The first-order valence-electron chi connectivity index (χ1n) is 10.1. The maximum absolute atomic E-state index is 13.4. The normalized spacial score (nSPS) is 26.3. The molecule has 0 aromatic carbocycles. The van der Waals surface area contributed by atoms with Crippen LogP contribution in [-0.2, 0) is 28.5 Å². The summed E-state index contributed by atoms with van der Waals surface area (Å²) in [7, 11) is 1.98. The smallest absolute Gasteiger partial charge is 0.277 e. The molecule has 1 unspecified atom stereocenters. The molecule has 2 fully saturated rings. The summed E-state index contributed by atoms with van der Waals surface area (Å²) in [6.45, 7) is 4.55. The quantitative estimate of drug-likeness (QED) is 0.744. The number of carbonyl (C=O) groups excluding carboxylic acids is 2. The summed E-state index contributed by atoms with van der Waals surface area (Å²) in [5, 5.41) is 3.93. The molecule has 5 heterocycles. The lowest BCUT2D eigenvalue weighted by Crippen LogP contribution is -2.56. The van der Waals surface area contributed by atoms with Crippen molar-refractivity contribution in [1.29, 1.82) is 0 Å². The maximum atomic E-state index is 13.4. The summed E-state index contributed by atoms with van der Waals surface area (Å²) in [5.74, 6) is -0.127.